The molecule has 1 aromatic carbocycles. The molecular formula is C23H34. The summed E-state index contributed by atoms with van der Waals surface area (Å²) in [5.41, 5.74) is 4.80. The lowest BCUT2D eigenvalue weighted by Gasteiger charge is -2.36. The molecule has 126 valence electrons. The van der Waals surface area contributed by atoms with E-state index in [1.165, 1.54) is 63.4 Å². The zero-order valence-corrected chi connectivity index (χ0v) is 15.0. The molecule has 0 nitrogen and oxygen atoms in total. The summed E-state index contributed by atoms with van der Waals surface area (Å²) >= 11 is 0. The minimum atomic E-state index is 0.962. The molecule has 1 fully saturated rings. The molecule has 0 aromatic heterocycles. The Morgan fingerprint density at radius 1 is 1.04 bits per heavy atom. The van der Waals surface area contributed by atoms with Crippen LogP contribution in [0.15, 0.2) is 30.9 Å². The van der Waals surface area contributed by atoms with Crippen LogP contribution < -0.4 is 0 Å². The van der Waals surface area contributed by atoms with E-state index in [0.29, 0.717) is 0 Å². The topological polar surface area (TPSA) is 0 Å². The first-order chi connectivity index (χ1) is 11.3. The van der Waals surface area contributed by atoms with E-state index in [0.717, 1.165) is 30.6 Å². The van der Waals surface area contributed by atoms with Gasteiger partial charge in [0, 0.05) is 0 Å². The fourth-order valence-electron chi connectivity index (χ4n) is 5.02. The quantitative estimate of drug-likeness (QED) is 0.525. The van der Waals surface area contributed by atoms with Gasteiger partial charge in [-0.1, -0.05) is 56.9 Å². The van der Waals surface area contributed by atoms with Crippen molar-refractivity contribution < 1.29 is 0 Å². The molecule has 1 saturated carbocycles. The minimum absolute atomic E-state index is 0.962. The highest BCUT2D eigenvalue weighted by Crippen LogP contribution is 2.40. The Hall–Kier alpha value is -1.04. The van der Waals surface area contributed by atoms with Crippen molar-refractivity contribution in [1.82, 2.24) is 0 Å². The van der Waals surface area contributed by atoms with Gasteiger partial charge < -0.3 is 0 Å². The molecule has 0 heteroatoms. The van der Waals surface area contributed by atoms with Gasteiger partial charge in [0.1, 0.15) is 0 Å². The van der Waals surface area contributed by atoms with Gasteiger partial charge in [-0.15, -0.1) is 6.58 Å². The predicted octanol–water partition coefficient (Wildman–Crippen LogP) is 6.52. The molecule has 0 aliphatic heterocycles. The van der Waals surface area contributed by atoms with Gasteiger partial charge >= 0.3 is 0 Å². The van der Waals surface area contributed by atoms with Crippen molar-refractivity contribution in [3.05, 3.63) is 47.5 Å². The van der Waals surface area contributed by atoms with Crippen LogP contribution in [0.5, 0.6) is 0 Å². The molecule has 0 spiro atoms. The second kappa shape index (κ2) is 8.18. The van der Waals surface area contributed by atoms with E-state index in [1.807, 2.05) is 6.08 Å². The number of hydrogen-bond acceptors (Lipinski definition) is 0. The smallest absolute Gasteiger partial charge is 0.0244 e. The van der Waals surface area contributed by atoms with Crippen LogP contribution in [0.4, 0.5) is 0 Å². The van der Waals surface area contributed by atoms with Crippen molar-refractivity contribution in [2.24, 2.45) is 17.8 Å². The lowest BCUT2D eigenvalue weighted by Crippen LogP contribution is -2.26. The fraction of sp³-hybridized carbons (Fsp3) is 0.652. The molecule has 2 aliphatic rings. The van der Waals surface area contributed by atoms with Gasteiger partial charge in [-0.3, -0.25) is 0 Å². The number of allylic oxidation sites excluding steroid dienone is 1. The van der Waals surface area contributed by atoms with Crippen LogP contribution in [0.2, 0.25) is 0 Å². The Balaban J connectivity index is 1.57. The highest BCUT2D eigenvalue weighted by Gasteiger charge is 2.29. The summed E-state index contributed by atoms with van der Waals surface area (Å²) in [5, 5.41) is 0. The van der Waals surface area contributed by atoms with Crippen molar-refractivity contribution >= 4 is 0 Å². The molecule has 0 bridgehead atoms. The van der Waals surface area contributed by atoms with Crippen LogP contribution in [-0.2, 0) is 19.3 Å². The maximum Gasteiger partial charge on any atom is -0.0244 e. The lowest BCUT2D eigenvalue weighted by atomic mass is 9.69. The molecule has 1 aromatic rings. The maximum absolute atomic E-state index is 3.84. The van der Waals surface area contributed by atoms with E-state index in [-0.39, 0.29) is 0 Å². The van der Waals surface area contributed by atoms with Gasteiger partial charge in [-0.05, 0) is 79.4 Å². The van der Waals surface area contributed by atoms with Gasteiger partial charge in [-0.25, -0.2) is 0 Å². The number of rotatable bonds is 6. The zero-order valence-electron chi connectivity index (χ0n) is 15.0. The molecule has 1 atom stereocenters. The van der Waals surface area contributed by atoms with Crippen LogP contribution in [0.3, 0.4) is 0 Å². The third-order valence-corrected chi connectivity index (χ3v) is 6.43. The van der Waals surface area contributed by atoms with Crippen molar-refractivity contribution in [2.45, 2.75) is 77.6 Å². The standard InChI is InChI=1S/C23H34/c1-3-5-7-19-10-13-23-17-22(15-14-21(23)16-19)20-11-8-18(6-4-2)9-12-20/h3,10,13,16,18,20,22H,1,4-9,11-12,14-15,17H2,2H3. The summed E-state index contributed by atoms with van der Waals surface area (Å²) in [7, 11) is 0. The Kier molecular flexibility index (Phi) is 5.97. The van der Waals surface area contributed by atoms with E-state index in [4.69, 9.17) is 0 Å². The molecule has 0 saturated heterocycles. The molecule has 0 amide bonds. The van der Waals surface area contributed by atoms with Crippen molar-refractivity contribution in [3.63, 3.8) is 0 Å². The summed E-state index contributed by atoms with van der Waals surface area (Å²) in [4.78, 5) is 0. The van der Waals surface area contributed by atoms with E-state index in [2.05, 4.69) is 31.7 Å². The van der Waals surface area contributed by atoms with Crippen LogP contribution in [0.1, 0.15) is 75.0 Å². The minimum Gasteiger partial charge on any atom is -0.103 e. The average molecular weight is 311 g/mol. The average Bonchev–Trinajstić information content (AvgIpc) is 2.60. The zero-order chi connectivity index (χ0) is 16.1. The van der Waals surface area contributed by atoms with Gasteiger partial charge in [0.05, 0.1) is 0 Å². The maximum atomic E-state index is 3.84. The first kappa shape index (κ1) is 16.8. The van der Waals surface area contributed by atoms with Crippen LogP contribution >= 0.6 is 0 Å². The van der Waals surface area contributed by atoms with E-state index in [1.54, 1.807) is 11.1 Å². The molecule has 1 unspecified atom stereocenters. The number of fused-ring (bicyclic) bond motifs is 1. The summed E-state index contributed by atoms with van der Waals surface area (Å²) in [5.74, 6) is 3.01. The molecule has 0 radical (unpaired) electrons. The molecule has 3 rings (SSSR count). The van der Waals surface area contributed by atoms with Gasteiger partial charge in [0.25, 0.3) is 0 Å². The summed E-state index contributed by atoms with van der Waals surface area (Å²) in [6.07, 6.45) is 17.2. The Morgan fingerprint density at radius 2 is 1.87 bits per heavy atom. The molecular weight excluding hydrogens is 276 g/mol. The molecule has 0 heterocycles. The second-order valence-corrected chi connectivity index (χ2v) is 8.00. The second-order valence-electron chi connectivity index (χ2n) is 8.00. The highest BCUT2D eigenvalue weighted by atomic mass is 14.3. The van der Waals surface area contributed by atoms with Crippen molar-refractivity contribution in [2.75, 3.05) is 0 Å². The van der Waals surface area contributed by atoms with Crippen LogP contribution in [0.25, 0.3) is 0 Å². The van der Waals surface area contributed by atoms with E-state index >= 15 is 0 Å². The Morgan fingerprint density at radius 3 is 2.61 bits per heavy atom. The first-order valence-electron chi connectivity index (χ1n) is 10.0. The fourth-order valence-corrected chi connectivity index (χ4v) is 5.02. The van der Waals surface area contributed by atoms with Crippen molar-refractivity contribution in [3.8, 4) is 0 Å². The summed E-state index contributed by atoms with van der Waals surface area (Å²) in [6, 6.07) is 7.28. The van der Waals surface area contributed by atoms with E-state index in [9.17, 15) is 0 Å². The van der Waals surface area contributed by atoms with Gasteiger partial charge in [0.15, 0.2) is 0 Å². The predicted molar refractivity (Wildman–Crippen MR) is 101 cm³/mol. The third kappa shape index (κ3) is 4.28. The molecule has 0 N–H and O–H groups in total. The van der Waals surface area contributed by atoms with Gasteiger partial charge in [-0.2, -0.15) is 0 Å². The number of aryl methyl sites for hydroxylation is 2. The van der Waals surface area contributed by atoms with Crippen molar-refractivity contribution in [1.29, 1.82) is 0 Å². The molecule has 23 heavy (non-hydrogen) atoms. The third-order valence-electron chi connectivity index (χ3n) is 6.43. The monoisotopic (exact) mass is 310 g/mol. The lowest BCUT2D eigenvalue weighted by molar-refractivity contribution is 0.184. The normalized spacial score (nSPS) is 27.4. The van der Waals surface area contributed by atoms with Crippen LogP contribution in [0, 0.1) is 17.8 Å². The van der Waals surface area contributed by atoms with Gasteiger partial charge in [0.2, 0.25) is 0 Å². The highest BCUT2D eigenvalue weighted by molar-refractivity contribution is 5.34. The largest absolute Gasteiger partial charge is 0.103 e. The SMILES string of the molecule is C=CCCc1ccc2c(c1)CCC(C1CCC(CCC)CC1)C2. The summed E-state index contributed by atoms with van der Waals surface area (Å²) in [6.45, 7) is 6.18. The summed E-state index contributed by atoms with van der Waals surface area (Å²) < 4.78 is 0. The Bertz CT molecular complexity index is 505. The number of hydrogen-bond donors (Lipinski definition) is 0. The Labute approximate surface area is 143 Å². The van der Waals surface area contributed by atoms with Crippen LogP contribution in [-0.4, -0.2) is 0 Å². The number of benzene rings is 1. The first-order valence-corrected chi connectivity index (χ1v) is 10.0. The molecule has 2 aliphatic carbocycles. The van der Waals surface area contributed by atoms with E-state index < -0.39 is 0 Å².